The summed E-state index contributed by atoms with van der Waals surface area (Å²) in [6, 6.07) is 5.09. The number of hydrogen-bond donors (Lipinski definition) is 1. The van der Waals surface area contributed by atoms with Crippen LogP contribution < -0.4 is 10.1 Å². The van der Waals surface area contributed by atoms with Crippen molar-refractivity contribution in [2.24, 2.45) is 11.8 Å². The molecule has 1 aromatic carbocycles. The highest BCUT2D eigenvalue weighted by Gasteiger charge is 2.48. The number of nitrogens with one attached hydrogen (secondary N) is 1. The van der Waals surface area contributed by atoms with Crippen molar-refractivity contribution in [3.8, 4) is 5.75 Å². The van der Waals surface area contributed by atoms with Crippen molar-refractivity contribution in [2.75, 3.05) is 20.2 Å². The fourth-order valence-electron chi connectivity index (χ4n) is 3.99. The fourth-order valence-corrected chi connectivity index (χ4v) is 3.99. The topological polar surface area (TPSA) is 41.6 Å². The van der Waals surface area contributed by atoms with Gasteiger partial charge in [0.1, 0.15) is 11.6 Å². The number of amides is 1. The van der Waals surface area contributed by atoms with E-state index in [1.54, 1.807) is 12.1 Å². The maximum atomic E-state index is 13.6. The zero-order chi connectivity index (χ0) is 15.3. The average molecular weight is 304 g/mol. The van der Waals surface area contributed by atoms with Crippen LogP contribution in [-0.4, -0.2) is 37.0 Å². The molecule has 2 fully saturated rings. The number of carbonyl (C=O) groups excluding carboxylic acids is 1. The molecule has 118 valence electrons. The van der Waals surface area contributed by atoms with E-state index in [1.807, 2.05) is 7.05 Å². The highest BCUT2D eigenvalue weighted by Crippen LogP contribution is 2.46. The molecule has 2 heterocycles. The van der Waals surface area contributed by atoms with E-state index in [0.29, 0.717) is 19.2 Å². The summed E-state index contributed by atoms with van der Waals surface area (Å²) in [4.78, 5) is 14.7. The van der Waals surface area contributed by atoms with Crippen molar-refractivity contribution in [3.63, 3.8) is 0 Å². The Morgan fingerprint density at radius 1 is 1.41 bits per heavy atom. The first-order valence-corrected chi connectivity index (χ1v) is 8.06. The third-order valence-corrected chi connectivity index (χ3v) is 5.39. The molecule has 4 rings (SSSR count). The first kappa shape index (κ1) is 14.0. The molecule has 1 saturated heterocycles. The zero-order valence-corrected chi connectivity index (χ0v) is 12.7. The molecule has 1 N–H and O–H groups in total. The second-order valence-corrected chi connectivity index (χ2v) is 6.78. The van der Waals surface area contributed by atoms with Crippen LogP contribution in [0.15, 0.2) is 18.2 Å². The Bertz CT molecular complexity index is 602. The molecule has 1 amide bonds. The van der Waals surface area contributed by atoms with Crippen LogP contribution >= 0.6 is 0 Å². The Balaban J connectivity index is 1.58. The summed E-state index contributed by atoms with van der Waals surface area (Å²) in [5.74, 6) is 0.646. The van der Waals surface area contributed by atoms with Gasteiger partial charge in [0.25, 0.3) is 0 Å². The van der Waals surface area contributed by atoms with Gasteiger partial charge in [0, 0.05) is 30.1 Å². The highest BCUT2D eigenvalue weighted by atomic mass is 19.1. The Morgan fingerprint density at radius 3 is 2.95 bits per heavy atom. The van der Waals surface area contributed by atoms with Gasteiger partial charge in [-0.05, 0) is 44.5 Å². The minimum absolute atomic E-state index is 0.0663. The average Bonchev–Trinajstić information content (AvgIpc) is 2.80. The van der Waals surface area contributed by atoms with Crippen molar-refractivity contribution in [1.82, 2.24) is 10.2 Å². The van der Waals surface area contributed by atoms with E-state index in [0.717, 1.165) is 24.2 Å². The highest BCUT2D eigenvalue weighted by molar-refractivity contribution is 5.80. The largest absolute Gasteiger partial charge is 0.493 e. The molecule has 0 unspecified atom stereocenters. The summed E-state index contributed by atoms with van der Waals surface area (Å²) in [5, 5.41) is 3.15. The van der Waals surface area contributed by atoms with Crippen LogP contribution in [0.5, 0.6) is 5.75 Å². The van der Waals surface area contributed by atoms with E-state index in [2.05, 4.69) is 10.2 Å². The summed E-state index contributed by atoms with van der Waals surface area (Å²) in [5.41, 5.74) is 0.873. The van der Waals surface area contributed by atoms with E-state index in [4.69, 9.17) is 4.74 Å². The first-order valence-electron chi connectivity index (χ1n) is 8.06. The number of benzene rings is 1. The quantitative estimate of drug-likeness (QED) is 0.910. The normalized spacial score (nSPS) is 30.9. The molecule has 0 aromatic heterocycles. The maximum Gasteiger partial charge on any atom is 0.225 e. The lowest BCUT2D eigenvalue weighted by molar-refractivity contribution is -0.127. The summed E-state index contributed by atoms with van der Waals surface area (Å²) in [6.45, 7) is 1.23. The van der Waals surface area contributed by atoms with Gasteiger partial charge in [-0.2, -0.15) is 0 Å². The second-order valence-electron chi connectivity index (χ2n) is 6.78. The van der Waals surface area contributed by atoms with E-state index >= 15 is 0 Å². The van der Waals surface area contributed by atoms with Gasteiger partial charge >= 0.3 is 0 Å². The smallest absolute Gasteiger partial charge is 0.225 e. The lowest BCUT2D eigenvalue weighted by Gasteiger charge is -2.33. The lowest BCUT2D eigenvalue weighted by atomic mass is 9.84. The SMILES string of the molecule is CN1C[C@@H](C(=O)NC2CCC2)[C@@H]2COc3ccc(F)cc3[C@@H]21. The van der Waals surface area contributed by atoms with Crippen LogP contribution in [0.25, 0.3) is 0 Å². The number of fused-ring (bicyclic) bond motifs is 3. The maximum absolute atomic E-state index is 13.6. The third-order valence-electron chi connectivity index (χ3n) is 5.39. The molecule has 0 radical (unpaired) electrons. The fraction of sp³-hybridized carbons (Fsp3) is 0.588. The van der Waals surface area contributed by atoms with Crippen LogP contribution in [-0.2, 0) is 4.79 Å². The summed E-state index contributed by atoms with van der Waals surface area (Å²) in [6.07, 6.45) is 3.39. The number of likely N-dealkylation sites (tertiary alicyclic amines) is 1. The second kappa shape index (κ2) is 5.23. The van der Waals surface area contributed by atoms with Gasteiger partial charge in [-0.1, -0.05) is 0 Å². The Morgan fingerprint density at radius 2 is 2.23 bits per heavy atom. The van der Waals surface area contributed by atoms with Gasteiger partial charge in [-0.15, -0.1) is 0 Å². The lowest BCUT2D eigenvalue weighted by Crippen LogP contribution is -2.45. The minimum atomic E-state index is -0.251. The van der Waals surface area contributed by atoms with E-state index < -0.39 is 0 Å². The van der Waals surface area contributed by atoms with Gasteiger partial charge < -0.3 is 10.1 Å². The number of carbonyl (C=O) groups is 1. The van der Waals surface area contributed by atoms with Crippen molar-refractivity contribution in [3.05, 3.63) is 29.6 Å². The molecule has 5 heteroatoms. The molecular formula is C17H21FN2O2. The molecule has 0 bridgehead atoms. The third kappa shape index (κ3) is 2.19. The summed E-state index contributed by atoms with van der Waals surface area (Å²) in [7, 11) is 2.01. The Hall–Kier alpha value is -1.62. The molecule has 3 atom stereocenters. The Kier molecular flexibility index (Phi) is 3.33. The standard InChI is InChI=1S/C17H21FN2O2/c1-20-8-13(17(21)19-11-3-2-4-11)14-9-22-15-6-5-10(18)7-12(15)16(14)20/h5-7,11,13-14,16H,2-4,8-9H2,1H3,(H,19,21)/t13-,14+,16+/m1/s1. The molecule has 1 aliphatic carbocycles. The molecule has 3 aliphatic rings. The van der Waals surface area contributed by atoms with Crippen LogP contribution in [0, 0.1) is 17.7 Å². The summed E-state index contributed by atoms with van der Waals surface area (Å²) < 4.78 is 19.4. The molecular weight excluding hydrogens is 283 g/mol. The number of halogens is 1. The van der Waals surface area contributed by atoms with Gasteiger partial charge in [0.15, 0.2) is 0 Å². The number of rotatable bonds is 2. The monoisotopic (exact) mass is 304 g/mol. The van der Waals surface area contributed by atoms with Gasteiger partial charge in [0.05, 0.1) is 12.5 Å². The van der Waals surface area contributed by atoms with E-state index in [-0.39, 0.29) is 29.6 Å². The first-order chi connectivity index (χ1) is 10.6. The summed E-state index contributed by atoms with van der Waals surface area (Å²) >= 11 is 0. The van der Waals surface area contributed by atoms with Gasteiger partial charge in [-0.25, -0.2) is 4.39 Å². The van der Waals surface area contributed by atoms with E-state index in [9.17, 15) is 9.18 Å². The predicted octanol–water partition coefficient (Wildman–Crippen LogP) is 2.11. The molecule has 2 aliphatic heterocycles. The molecule has 1 aromatic rings. The van der Waals surface area contributed by atoms with Gasteiger partial charge in [-0.3, -0.25) is 9.69 Å². The van der Waals surface area contributed by atoms with E-state index in [1.165, 1.54) is 12.5 Å². The molecule has 4 nitrogen and oxygen atoms in total. The number of hydrogen-bond acceptors (Lipinski definition) is 3. The van der Waals surface area contributed by atoms with Crippen molar-refractivity contribution in [2.45, 2.75) is 31.3 Å². The number of ether oxygens (including phenoxy) is 1. The van der Waals surface area contributed by atoms with Crippen LogP contribution in [0.4, 0.5) is 4.39 Å². The van der Waals surface area contributed by atoms with Crippen molar-refractivity contribution >= 4 is 5.91 Å². The molecule has 1 saturated carbocycles. The molecule has 0 spiro atoms. The minimum Gasteiger partial charge on any atom is -0.493 e. The van der Waals surface area contributed by atoms with Crippen LogP contribution in [0.2, 0.25) is 0 Å². The van der Waals surface area contributed by atoms with Crippen molar-refractivity contribution in [1.29, 1.82) is 0 Å². The molecule has 22 heavy (non-hydrogen) atoms. The van der Waals surface area contributed by atoms with Gasteiger partial charge in [0.2, 0.25) is 5.91 Å². The Labute approximate surface area is 129 Å². The zero-order valence-electron chi connectivity index (χ0n) is 12.7. The number of nitrogens with zero attached hydrogens (tertiary/aromatic N) is 1. The predicted molar refractivity (Wildman–Crippen MR) is 80.0 cm³/mol. The van der Waals surface area contributed by atoms with Crippen molar-refractivity contribution < 1.29 is 13.9 Å². The van der Waals surface area contributed by atoms with Crippen LogP contribution in [0.3, 0.4) is 0 Å². The van der Waals surface area contributed by atoms with Crippen LogP contribution in [0.1, 0.15) is 30.9 Å².